The van der Waals surface area contributed by atoms with Gasteiger partial charge in [-0.15, -0.1) is 0 Å². The number of aliphatic hydroxyl groups excluding tert-OH is 1. The molecule has 2 aromatic carbocycles. The van der Waals surface area contributed by atoms with Crippen molar-refractivity contribution in [1.29, 1.82) is 0 Å². The van der Waals surface area contributed by atoms with E-state index < -0.39 is 42.0 Å². The van der Waals surface area contributed by atoms with E-state index >= 15 is 4.39 Å². The molecule has 1 unspecified atom stereocenters. The number of amides is 2. The topological polar surface area (TPSA) is 209 Å². The maximum Gasteiger partial charge on any atom is 0.319 e. The standard InChI is InChI=1S/C41H50FN11O6/c1-19(2)36(40(56)52-18-24(54)11-31(52)38(43)55)53-32(16-46-50-53)59-37-34(33-20(3)29(42)13-30-28(33)15-45-49-30)26(21-4-5-21)12-27-35(37)47-41(58-25-6-8-57-9-7-25)48-39(27)51-17-22-10-23(51)14-44-22/h12-13,15,19,21-25,31-32,36,44,54H,4-11,14,16-18H2,1-3H3,(H2,43,55)(H,45,49)/t22-,23-,24+,31-,32?,36-/m0/s1. The second-order valence-electron chi connectivity index (χ2n) is 17.3. The fourth-order valence-electron chi connectivity index (χ4n) is 9.81. The minimum absolute atomic E-state index is 0.0343. The number of nitrogens with two attached hydrogens (primary N) is 1. The number of carbonyl (C=O) groups is 2. The molecule has 6 aliphatic rings. The van der Waals surface area contributed by atoms with Gasteiger partial charge in [0.05, 0.1) is 31.0 Å². The number of piperazine rings is 1. The number of likely N-dealkylation sites (tertiary alicyclic amines) is 1. The minimum atomic E-state index is -0.961. The summed E-state index contributed by atoms with van der Waals surface area (Å²) in [6.45, 7) is 8.33. The molecule has 17 nitrogen and oxygen atoms in total. The summed E-state index contributed by atoms with van der Waals surface area (Å²) in [7, 11) is 0. The Balaban J connectivity index is 1.17. The van der Waals surface area contributed by atoms with Gasteiger partial charge in [-0.2, -0.15) is 20.2 Å². The number of halogens is 1. The van der Waals surface area contributed by atoms with E-state index in [1.54, 1.807) is 18.1 Å². The van der Waals surface area contributed by atoms with Crippen LogP contribution in [-0.2, 0) is 14.3 Å². The number of primary amides is 1. The van der Waals surface area contributed by atoms with Gasteiger partial charge in [0.1, 0.15) is 41.9 Å². The van der Waals surface area contributed by atoms with Gasteiger partial charge in [-0.3, -0.25) is 14.7 Å². The van der Waals surface area contributed by atoms with E-state index in [0.717, 1.165) is 54.5 Å². The van der Waals surface area contributed by atoms with Crippen LogP contribution in [-0.4, -0.2) is 129 Å². The predicted octanol–water partition coefficient (Wildman–Crippen LogP) is 3.47. The Bertz CT molecular complexity index is 2350. The lowest BCUT2D eigenvalue weighted by molar-refractivity contribution is -0.146. The summed E-state index contributed by atoms with van der Waals surface area (Å²) < 4.78 is 35.6. The SMILES string of the molecule is Cc1c(F)cc2[nH]ncc2c1-c1c(C2CC2)cc2c(N3C[C@@H]4C[C@H]3CN4)nc(OC3CCOCC3)nc2c1OC1CN=NN1[C@H](C(=O)N1C[C@H](O)C[C@H]1C(N)=O)C(C)C. The zero-order valence-corrected chi connectivity index (χ0v) is 33.4. The number of β-amino-alcohol motifs (C(OH)–C–C–N with tert-alkyl or cyclic N) is 1. The average molecular weight is 812 g/mol. The van der Waals surface area contributed by atoms with Gasteiger partial charge in [0.25, 0.3) is 0 Å². The van der Waals surface area contributed by atoms with Gasteiger partial charge >= 0.3 is 6.01 Å². The van der Waals surface area contributed by atoms with Crippen molar-refractivity contribution in [3.05, 3.63) is 35.3 Å². The summed E-state index contributed by atoms with van der Waals surface area (Å²) in [6.07, 6.45) is 4.07. The molecule has 5 N–H and O–H groups in total. The smallest absolute Gasteiger partial charge is 0.319 e. The van der Waals surface area contributed by atoms with E-state index in [1.165, 1.54) is 11.0 Å². The molecule has 5 aliphatic heterocycles. The Hall–Kier alpha value is -5.20. The number of H-pyrrole nitrogens is 1. The van der Waals surface area contributed by atoms with Gasteiger partial charge < -0.3 is 40.2 Å². The lowest BCUT2D eigenvalue weighted by Crippen LogP contribution is -2.56. The number of rotatable bonds is 11. The zero-order valence-electron chi connectivity index (χ0n) is 33.4. The van der Waals surface area contributed by atoms with E-state index in [0.29, 0.717) is 65.6 Å². The van der Waals surface area contributed by atoms with Crippen LogP contribution in [0, 0.1) is 18.7 Å². The van der Waals surface area contributed by atoms with Crippen molar-refractivity contribution in [1.82, 2.24) is 35.4 Å². The van der Waals surface area contributed by atoms with Gasteiger partial charge in [0, 0.05) is 72.9 Å². The Morgan fingerprint density at radius 2 is 1.86 bits per heavy atom. The van der Waals surface area contributed by atoms with Crippen molar-refractivity contribution < 1.29 is 33.3 Å². The molecule has 1 aliphatic carbocycles. The number of hydrogen-bond acceptors (Lipinski definition) is 14. The zero-order chi connectivity index (χ0) is 40.7. The third kappa shape index (κ3) is 6.68. The van der Waals surface area contributed by atoms with E-state index in [4.69, 9.17) is 29.9 Å². The third-order valence-electron chi connectivity index (χ3n) is 12.9. The number of anilines is 1. The molecule has 7 heterocycles. The number of carbonyl (C=O) groups excluding carboxylic acids is 2. The highest BCUT2D eigenvalue weighted by atomic mass is 19.1. The number of nitrogens with zero attached hydrogens (tertiary/aromatic N) is 8. The number of aliphatic hydroxyl groups is 1. The molecule has 2 bridgehead atoms. The Kier molecular flexibility index (Phi) is 9.55. The van der Waals surface area contributed by atoms with E-state index in [2.05, 4.69) is 36.8 Å². The summed E-state index contributed by atoms with van der Waals surface area (Å²) in [5, 5.41) is 33.4. The second-order valence-corrected chi connectivity index (χ2v) is 17.3. The third-order valence-corrected chi connectivity index (χ3v) is 12.9. The summed E-state index contributed by atoms with van der Waals surface area (Å²) >= 11 is 0. The Morgan fingerprint density at radius 3 is 2.58 bits per heavy atom. The quantitative estimate of drug-likeness (QED) is 0.172. The Labute approximate surface area is 339 Å². The van der Waals surface area contributed by atoms with Crippen LogP contribution in [0.5, 0.6) is 11.8 Å². The van der Waals surface area contributed by atoms with E-state index in [-0.39, 0.29) is 49.5 Å². The largest absolute Gasteiger partial charge is 0.464 e. The summed E-state index contributed by atoms with van der Waals surface area (Å²) in [5.41, 5.74) is 9.49. The summed E-state index contributed by atoms with van der Waals surface area (Å²) in [5.74, 6) is -0.522. The van der Waals surface area contributed by atoms with Gasteiger partial charge in [0.15, 0.2) is 5.75 Å². The lowest BCUT2D eigenvalue weighted by Gasteiger charge is -2.36. The Morgan fingerprint density at radius 1 is 1.05 bits per heavy atom. The number of ether oxygens (including phenoxy) is 3. The number of hydrogen-bond donors (Lipinski definition) is 4. The van der Waals surface area contributed by atoms with Crippen LogP contribution in [0.3, 0.4) is 0 Å². The molecule has 2 amide bonds. The highest BCUT2D eigenvalue weighted by Crippen LogP contribution is 2.54. The molecule has 2 aromatic heterocycles. The monoisotopic (exact) mass is 811 g/mol. The maximum absolute atomic E-state index is 16.1. The second kappa shape index (κ2) is 14.8. The molecule has 4 saturated heterocycles. The van der Waals surface area contributed by atoms with Crippen molar-refractivity contribution >= 4 is 39.4 Å². The van der Waals surface area contributed by atoms with Crippen LogP contribution in [0.1, 0.15) is 69.4 Å². The maximum atomic E-state index is 16.1. The molecule has 6 atom stereocenters. The molecule has 0 spiro atoms. The van der Waals surface area contributed by atoms with Crippen LogP contribution in [0.15, 0.2) is 28.7 Å². The number of nitrogens with one attached hydrogen (secondary N) is 2. The van der Waals surface area contributed by atoms with Gasteiger partial charge in [-0.1, -0.05) is 19.1 Å². The summed E-state index contributed by atoms with van der Waals surface area (Å²) in [4.78, 5) is 41.0. The average Bonchev–Trinajstić information content (AvgIpc) is 3.70. The molecule has 312 valence electrons. The number of aromatic nitrogens is 4. The molecule has 1 saturated carbocycles. The van der Waals surface area contributed by atoms with Gasteiger partial charge in [0.2, 0.25) is 18.0 Å². The van der Waals surface area contributed by atoms with Gasteiger partial charge in [-0.05, 0) is 61.3 Å². The van der Waals surface area contributed by atoms with Crippen LogP contribution in [0.2, 0.25) is 0 Å². The first-order chi connectivity index (χ1) is 28.5. The molecule has 0 radical (unpaired) electrons. The fourth-order valence-corrected chi connectivity index (χ4v) is 9.81. The van der Waals surface area contributed by atoms with E-state index in [9.17, 15) is 14.7 Å². The highest BCUT2D eigenvalue weighted by Gasteiger charge is 2.47. The number of benzene rings is 2. The molecule has 10 rings (SSSR count). The molecular formula is C41H50FN11O6. The van der Waals surface area contributed by atoms with Crippen LogP contribution in [0.4, 0.5) is 10.2 Å². The molecule has 5 fully saturated rings. The highest BCUT2D eigenvalue weighted by molar-refractivity contribution is 6.06. The molecule has 59 heavy (non-hydrogen) atoms. The number of aromatic amines is 1. The van der Waals surface area contributed by atoms with E-state index in [1.807, 2.05) is 13.8 Å². The summed E-state index contributed by atoms with van der Waals surface area (Å²) in [6, 6.07) is 2.51. The van der Waals surface area contributed by atoms with Crippen molar-refractivity contribution in [3.8, 4) is 22.9 Å². The van der Waals surface area contributed by atoms with Crippen molar-refractivity contribution in [3.63, 3.8) is 0 Å². The van der Waals surface area contributed by atoms with Crippen LogP contribution in [0.25, 0.3) is 32.9 Å². The molecular weight excluding hydrogens is 762 g/mol. The first-order valence-corrected chi connectivity index (χ1v) is 20.9. The first kappa shape index (κ1) is 38.0. The predicted molar refractivity (Wildman–Crippen MR) is 213 cm³/mol. The molecule has 4 aromatic rings. The number of fused-ring (bicyclic) bond motifs is 4. The van der Waals surface area contributed by atoms with Crippen molar-refractivity contribution in [2.75, 3.05) is 44.3 Å². The van der Waals surface area contributed by atoms with Crippen molar-refractivity contribution in [2.24, 2.45) is 22.0 Å². The first-order valence-electron chi connectivity index (χ1n) is 20.9. The van der Waals surface area contributed by atoms with Crippen LogP contribution < -0.4 is 25.4 Å². The van der Waals surface area contributed by atoms with Crippen molar-refractivity contribution in [2.45, 2.75) is 108 Å². The normalized spacial score (nSPS) is 26.3. The lowest BCUT2D eigenvalue weighted by atomic mass is 9.88. The van der Waals surface area contributed by atoms with Gasteiger partial charge in [-0.25, -0.2) is 9.40 Å². The minimum Gasteiger partial charge on any atom is -0.464 e. The molecule has 18 heteroatoms. The van der Waals surface area contributed by atoms with Crippen LogP contribution >= 0.6 is 0 Å². The fraction of sp³-hybridized carbons (Fsp3) is 0.585.